The SMILES string of the molecule is Oc1ccc(Cc2ccc(-n3ccnc3)cc2)cc1. The van der Waals surface area contributed by atoms with E-state index in [2.05, 4.69) is 29.2 Å². The van der Waals surface area contributed by atoms with Gasteiger partial charge in [-0.1, -0.05) is 24.3 Å². The molecule has 3 heteroatoms. The van der Waals surface area contributed by atoms with Crippen LogP contribution in [-0.2, 0) is 6.42 Å². The molecule has 1 heterocycles. The number of nitrogens with zero attached hydrogens (tertiary/aromatic N) is 2. The minimum absolute atomic E-state index is 0.305. The van der Waals surface area contributed by atoms with Crippen LogP contribution in [-0.4, -0.2) is 14.7 Å². The Balaban J connectivity index is 1.77. The summed E-state index contributed by atoms with van der Waals surface area (Å²) in [4.78, 5) is 4.04. The van der Waals surface area contributed by atoms with E-state index in [1.165, 1.54) is 11.1 Å². The summed E-state index contributed by atoms with van der Waals surface area (Å²) in [5, 5.41) is 9.26. The smallest absolute Gasteiger partial charge is 0.115 e. The maximum Gasteiger partial charge on any atom is 0.115 e. The van der Waals surface area contributed by atoms with Gasteiger partial charge in [0.15, 0.2) is 0 Å². The lowest BCUT2D eigenvalue weighted by molar-refractivity contribution is 0.475. The van der Waals surface area contributed by atoms with Gasteiger partial charge in [0.05, 0.1) is 6.33 Å². The summed E-state index contributed by atoms with van der Waals surface area (Å²) in [7, 11) is 0. The van der Waals surface area contributed by atoms with Crippen LogP contribution in [0.25, 0.3) is 5.69 Å². The van der Waals surface area contributed by atoms with Crippen LogP contribution in [0.4, 0.5) is 0 Å². The Labute approximate surface area is 111 Å². The van der Waals surface area contributed by atoms with Crippen molar-refractivity contribution in [1.29, 1.82) is 0 Å². The van der Waals surface area contributed by atoms with Crippen molar-refractivity contribution in [2.45, 2.75) is 6.42 Å². The fraction of sp³-hybridized carbons (Fsp3) is 0.0625. The van der Waals surface area contributed by atoms with Crippen molar-refractivity contribution in [3.05, 3.63) is 78.4 Å². The molecular formula is C16H14N2O. The van der Waals surface area contributed by atoms with Crippen molar-refractivity contribution >= 4 is 0 Å². The zero-order chi connectivity index (χ0) is 13.1. The fourth-order valence-electron chi connectivity index (χ4n) is 2.05. The molecule has 0 aliphatic carbocycles. The third-order valence-corrected chi connectivity index (χ3v) is 3.08. The van der Waals surface area contributed by atoms with Gasteiger partial charge < -0.3 is 9.67 Å². The van der Waals surface area contributed by atoms with E-state index < -0.39 is 0 Å². The second kappa shape index (κ2) is 4.98. The Morgan fingerprint density at radius 2 is 1.53 bits per heavy atom. The van der Waals surface area contributed by atoms with E-state index in [-0.39, 0.29) is 0 Å². The van der Waals surface area contributed by atoms with Crippen LogP contribution >= 0.6 is 0 Å². The second-order valence-corrected chi connectivity index (χ2v) is 4.48. The van der Waals surface area contributed by atoms with Gasteiger partial charge in [-0.25, -0.2) is 4.98 Å². The molecule has 2 aromatic carbocycles. The molecule has 1 aromatic heterocycles. The second-order valence-electron chi connectivity index (χ2n) is 4.48. The van der Waals surface area contributed by atoms with Crippen LogP contribution in [0.2, 0.25) is 0 Å². The monoisotopic (exact) mass is 250 g/mol. The number of aromatic hydroxyl groups is 1. The van der Waals surface area contributed by atoms with Crippen molar-refractivity contribution in [1.82, 2.24) is 9.55 Å². The van der Waals surface area contributed by atoms with Gasteiger partial charge in [-0.2, -0.15) is 0 Å². The van der Waals surface area contributed by atoms with Crippen LogP contribution in [0, 0.1) is 0 Å². The Morgan fingerprint density at radius 1 is 0.895 bits per heavy atom. The minimum atomic E-state index is 0.305. The summed E-state index contributed by atoms with van der Waals surface area (Å²) in [6, 6.07) is 15.7. The standard InChI is InChI=1S/C16H14N2O/c19-16-7-3-14(4-8-16)11-13-1-5-15(6-2-13)18-10-9-17-12-18/h1-10,12,19H,11H2. The molecule has 3 rings (SSSR count). The highest BCUT2D eigenvalue weighted by molar-refractivity contribution is 5.37. The number of benzene rings is 2. The average molecular weight is 250 g/mol. The molecule has 1 N–H and O–H groups in total. The molecule has 0 aliphatic heterocycles. The van der Waals surface area contributed by atoms with E-state index in [4.69, 9.17) is 0 Å². The average Bonchev–Trinajstić information content (AvgIpc) is 2.96. The molecule has 0 bridgehead atoms. The molecular weight excluding hydrogens is 236 g/mol. The van der Waals surface area contributed by atoms with Crippen LogP contribution < -0.4 is 0 Å². The molecule has 3 nitrogen and oxygen atoms in total. The summed E-state index contributed by atoms with van der Waals surface area (Å²) >= 11 is 0. The van der Waals surface area contributed by atoms with Gasteiger partial charge in [-0.05, 0) is 41.8 Å². The normalized spacial score (nSPS) is 10.5. The van der Waals surface area contributed by atoms with Crippen molar-refractivity contribution in [2.75, 3.05) is 0 Å². The predicted octanol–water partition coefficient (Wildman–Crippen LogP) is 3.17. The zero-order valence-electron chi connectivity index (χ0n) is 10.4. The first-order valence-corrected chi connectivity index (χ1v) is 6.16. The highest BCUT2D eigenvalue weighted by Crippen LogP contribution is 2.15. The lowest BCUT2D eigenvalue weighted by atomic mass is 10.0. The predicted molar refractivity (Wildman–Crippen MR) is 74.5 cm³/mol. The van der Waals surface area contributed by atoms with Crippen molar-refractivity contribution in [2.24, 2.45) is 0 Å². The number of aromatic nitrogens is 2. The topological polar surface area (TPSA) is 38.0 Å². The molecule has 0 aliphatic rings. The molecule has 0 radical (unpaired) electrons. The van der Waals surface area contributed by atoms with E-state index in [9.17, 15) is 5.11 Å². The molecule has 0 spiro atoms. The highest BCUT2D eigenvalue weighted by atomic mass is 16.3. The van der Waals surface area contributed by atoms with Gasteiger partial charge in [0.1, 0.15) is 5.75 Å². The van der Waals surface area contributed by atoms with E-state index in [0.29, 0.717) is 5.75 Å². The fourth-order valence-corrected chi connectivity index (χ4v) is 2.05. The molecule has 0 amide bonds. The lowest BCUT2D eigenvalue weighted by Crippen LogP contribution is -1.92. The van der Waals surface area contributed by atoms with Gasteiger partial charge in [0.2, 0.25) is 0 Å². The largest absolute Gasteiger partial charge is 0.508 e. The Hall–Kier alpha value is -2.55. The lowest BCUT2D eigenvalue weighted by Gasteiger charge is -2.05. The van der Waals surface area contributed by atoms with Gasteiger partial charge in [-0.3, -0.25) is 0 Å². The number of imidazole rings is 1. The third kappa shape index (κ3) is 2.65. The maximum atomic E-state index is 9.26. The summed E-state index contributed by atoms with van der Waals surface area (Å²) in [6.07, 6.45) is 6.35. The quantitative estimate of drug-likeness (QED) is 0.775. The van der Waals surface area contributed by atoms with E-state index in [0.717, 1.165) is 12.1 Å². The first-order chi connectivity index (χ1) is 9.31. The number of hydrogen-bond acceptors (Lipinski definition) is 2. The molecule has 0 fully saturated rings. The van der Waals surface area contributed by atoms with Crippen molar-refractivity contribution < 1.29 is 5.11 Å². The molecule has 0 saturated heterocycles. The zero-order valence-corrected chi connectivity index (χ0v) is 10.4. The summed E-state index contributed by atoms with van der Waals surface area (Å²) < 4.78 is 1.98. The van der Waals surface area contributed by atoms with Gasteiger partial charge in [-0.15, -0.1) is 0 Å². The molecule has 0 unspecified atom stereocenters. The Kier molecular flexibility index (Phi) is 3.02. The van der Waals surface area contributed by atoms with Gasteiger partial charge >= 0.3 is 0 Å². The number of rotatable bonds is 3. The number of phenolic OH excluding ortho intramolecular Hbond substituents is 1. The molecule has 0 atom stereocenters. The Morgan fingerprint density at radius 3 is 2.11 bits per heavy atom. The minimum Gasteiger partial charge on any atom is -0.508 e. The molecule has 94 valence electrons. The number of hydrogen-bond donors (Lipinski definition) is 1. The van der Waals surface area contributed by atoms with Crippen molar-refractivity contribution in [3.8, 4) is 11.4 Å². The highest BCUT2D eigenvalue weighted by Gasteiger charge is 1.99. The Bertz CT molecular complexity index is 640. The summed E-state index contributed by atoms with van der Waals surface area (Å²) in [6.45, 7) is 0. The number of phenols is 1. The van der Waals surface area contributed by atoms with Gasteiger partial charge in [0.25, 0.3) is 0 Å². The molecule has 0 saturated carbocycles. The maximum absolute atomic E-state index is 9.26. The first kappa shape index (κ1) is 11.5. The first-order valence-electron chi connectivity index (χ1n) is 6.16. The van der Waals surface area contributed by atoms with Crippen LogP contribution in [0.3, 0.4) is 0 Å². The van der Waals surface area contributed by atoms with Crippen LogP contribution in [0.1, 0.15) is 11.1 Å². The van der Waals surface area contributed by atoms with Crippen molar-refractivity contribution in [3.63, 3.8) is 0 Å². The molecule has 19 heavy (non-hydrogen) atoms. The third-order valence-electron chi connectivity index (χ3n) is 3.08. The molecule has 3 aromatic rings. The van der Waals surface area contributed by atoms with Crippen LogP contribution in [0.5, 0.6) is 5.75 Å². The summed E-state index contributed by atoms with van der Waals surface area (Å²) in [5.74, 6) is 0.305. The van der Waals surface area contributed by atoms with E-state index >= 15 is 0 Å². The van der Waals surface area contributed by atoms with Gasteiger partial charge in [0, 0.05) is 18.1 Å². The van der Waals surface area contributed by atoms with E-state index in [1.54, 1.807) is 24.7 Å². The summed E-state index contributed by atoms with van der Waals surface area (Å²) in [5.41, 5.74) is 3.54. The van der Waals surface area contributed by atoms with Crippen LogP contribution in [0.15, 0.2) is 67.3 Å². The van der Waals surface area contributed by atoms with E-state index in [1.807, 2.05) is 22.9 Å².